The van der Waals surface area contributed by atoms with Crippen molar-refractivity contribution in [3.05, 3.63) is 155 Å². The molecule has 0 atom stereocenters. The van der Waals surface area contributed by atoms with E-state index in [-0.39, 0.29) is 0 Å². The number of hydrogen-bond acceptors (Lipinski definition) is 1. The molecule has 0 unspecified atom stereocenters. The molecule has 0 fully saturated rings. The van der Waals surface area contributed by atoms with E-state index in [0.29, 0.717) is 0 Å². The highest BCUT2D eigenvalue weighted by molar-refractivity contribution is 14.1. The van der Waals surface area contributed by atoms with E-state index in [1.807, 2.05) is 60.7 Å². The lowest BCUT2D eigenvalue weighted by atomic mass is 10.2. The molecule has 0 aliphatic heterocycles. The fraction of sp³-hybridized carbons (Fsp3) is 0. The average Bonchev–Trinajstić information content (AvgIpc) is 3.00. The summed E-state index contributed by atoms with van der Waals surface area (Å²) in [5.74, 6) is 3.51. The van der Waals surface area contributed by atoms with E-state index >= 15 is 0 Å². The molecule has 5 aromatic rings. The summed E-state index contributed by atoms with van der Waals surface area (Å²) in [6, 6.07) is 49.6. The maximum Gasteiger partial charge on any atom is 0.328 e. The van der Waals surface area contributed by atoms with Gasteiger partial charge in [0.1, 0.15) is 0 Å². The SMILES string of the molecule is C#C[Si](O[Si](C#Cc1cccc(I)c1)(c1ccccc1)c1ccccc1)(c1ccccc1)c1ccccc1. The summed E-state index contributed by atoms with van der Waals surface area (Å²) in [7, 11) is -6.40. The molecule has 0 radical (unpaired) electrons. The van der Waals surface area contributed by atoms with Crippen LogP contribution in [-0.4, -0.2) is 16.6 Å². The Morgan fingerprint density at radius 2 is 0.947 bits per heavy atom. The van der Waals surface area contributed by atoms with E-state index in [2.05, 4.69) is 125 Å². The molecule has 0 aromatic heterocycles. The highest BCUT2D eigenvalue weighted by Gasteiger charge is 2.50. The van der Waals surface area contributed by atoms with Crippen LogP contribution in [0.25, 0.3) is 0 Å². The van der Waals surface area contributed by atoms with Gasteiger partial charge in [-0.15, -0.1) is 6.42 Å². The van der Waals surface area contributed by atoms with Crippen molar-refractivity contribution < 1.29 is 4.12 Å². The fourth-order valence-electron chi connectivity index (χ4n) is 4.58. The van der Waals surface area contributed by atoms with Gasteiger partial charge in [0.25, 0.3) is 0 Å². The van der Waals surface area contributed by atoms with Crippen molar-refractivity contribution in [2.75, 3.05) is 0 Å². The Balaban J connectivity index is 1.83. The van der Waals surface area contributed by atoms with Crippen molar-refractivity contribution in [1.29, 1.82) is 0 Å². The molecule has 0 bridgehead atoms. The second-order valence-corrected chi connectivity index (χ2v) is 16.5. The van der Waals surface area contributed by atoms with Gasteiger partial charge < -0.3 is 4.12 Å². The largest absolute Gasteiger partial charge is 0.424 e. The summed E-state index contributed by atoms with van der Waals surface area (Å²) in [5.41, 5.74) is 7.93. The zero-order chi connectivity index (χ0) is 26.3. The molecule has 0 saturated carbocycles. The lowest BCUT2D eigenvalue weighted by Gasteiger charge is -2.37. The minimum absolute atomic E-state index is 0.955. The molecule has 0 aliphatic rings. The molecule has 0 amide bonds. The van der Waals surface area contributed by atoms with Gasteiger partial charge in [-0.25, -0.2) is 0 Å². The minimum Gasteiger partial charge on any atom is -0.424 e. The van der Waals surface area contributed by atoms with Crippen LogP contribution in [-0.2, 0) is 4.12 Å². The number of benzene rings is 5. The van der Waals surface area contributed by atoms with Gasteiger partial charge in [0, 0.05) is 9.13 Å². The van der Waals surface area contributed by atoms with Crippen LogP contribution in [0.5, 0.6) is 0 Å². The Kier molecular flexibility index (Phi) is 8.07. The molecule has 0 N–H and O–H groups in total. The lowest BCUT2D eigenvalue weighted by molar-refractivity contribution is 0.603. The summed E-state index contributed by atoms with van der Waals surface area (Å²) in [6.45, 7) is 0. The number of rotatable bonds is 6. The predicted molar refractivity (Wildman–Crippen MR) is 172 cm³/mol. The normalized spacial score (nSPS) is 11.2. The van der Waals surface area contributed by atoms with Crippen LogP contribution in [0, 0.1) is 27.0 Å². The van der Waals surface area contributed by atoms with Crippen molar-refractivity contribution in [2.24, 2.45) is 0 Å². The zero-order valence-electron chi connectivity index (χ0n) is 20.7. The lowest BCUT2D eigenvalue weighted by Crippen LogP contribution is -2.72. The first-order valence-electron chi connectivity index (χ1n) is 12.4. The van der Waals surface area contributed by atoms with Gasteiger partial charge in [0.15, 0.2) is 0 Å². The fourth-order valence-corrected chi connectivity index (χ4v) is 13.5. The third-order valence-corrected chi connectivity index (χ3v) is 15.0. The van der Waals surface area contributed by atoms with Gasteiger partial charge in [-0.1, -0.05) is 144 Å². The quantitative estimate of drug-likeness (QED) is 0.147. The van der Waals surface area contributed by atoms with Gasteiger partial charge in [0.05, 0.1) is 0 Å². The summed E-state index contributed by atoms with van der Waals surface area (Å²) >= 11 is 2.33. The number of hydrogen-bond donors (Lipinski definition) is 0. The molecule has 1 nitrogen and oxygen atoms in total. The molecular weight excluding hydrogens is 607 g/mol. The van der Waals surface area contributed by atoms with Crippen LogP contribution in [0.15, 0.2) is 146 Å². The van der Waals surface area contributed by atoms with Crippen molar-refractivity contribution in [3.63, 3.8) is 0 Å². The molecule has 0 spiro atoms. The topological polar surface area (TPSA) is 9.23 Å². The van der Waals surface area contributed by atoms with E-state index in [1.165, 1.54) is 0 Å². The van der Waals surface area contributed by atoms with Gasteiger partial charge in [-0.2, -0.15) is 0 Å². The van der Waals surface area contributed by atoms with E-state index in [4.69, 9.17) is 10.5 Å². The summed E-state index contributed by atoms with van der Waals surface area (Å²) in [4.78, 5) is 0. The number of halogens is 1. The van der Waals surface area contributed by atoms with Gasteiger partial charge >= 0.3 is 16.6 Å². The third-order valence-electron chi connectivity index (χ3n) is 6.44. The first-order valence-corrected chi connectivity index (χ1v) is 17.2. The van der Waals surface area contributed by atoms with Crippen molar-refractivity contribution in [1.82, 2.24) is 0 Å². The molecule has 0 heterocycles. The van der Waals surface area contributed by atoms with Crippen LogP contribution in [0.4, 0.5) is 0 Å². The van der Waals surface area contributed by atoms with E-state index in [9.17, 15) is 0 Å². The average molecular weight is 633 g/mol. The summed E-state index contributed by atoms with van der Waals surface area (Å²) in [6.07, 6.45) is 6.52. The van der Waals surface area contributed by atoms with E-state index < -0.39 is 16.6 Å². The molecule has 0 aliphatic carbocycles. The summed E-state index contributed by atoms with van der Waals surface area (Å²) in [5, 5.41) is 4.22. The Morgan fingerprint density at radius 3 is 1.34 bits per heavy atom. The van der Waals surface area contributed by atoms with Crippen LogP contribution >= 0.6 is 22.6 Å². The zero-order valence-corrected chi connectivity index (χ0v) is 24.9. The Bertz CT molecular complexity index is 1520. The van der Waals surface area contributed by atoms with Gasteiger partial charge in [-0.3, -0.25) is 0 Å². The Hall–Kier alpha value is -3.66. The van der Waals surface area contributed by atoms with Crippen LogP contribution in [0.3, 0.4) is 0 Å². The third kappa shape index (κ3) is 5.31. The summed E-state index contributed by atoms with van der Waals surface area (Å²) < 4.78 is 8.78. The molecule has 5 rings (SSSR count). The standard InChI is InChI=1S/C34H25IOSi2/c1-2-37(31-18-7-3-8-19-31,32-20-9-4-10-21-32)36-38(33-22-11-5-12-23-33,34-24-13-6-14-25-34)27-26-29-16-15-17-30(35)28-29/h1,3-25,28H. The predicted octanol–water partition coefficient (Wildman–Crippen LogP) is 4.89. The second-order valence-electron chi connectivity index (χ2n) is 8.83. The second kappa shape index (κ2) is 11.8. The van der Waals surface area contributed by atoms with Crippen LogP contribution < -0.4 is 20.7 Å². The van der Waals surface area contributed by atoms with Crippen molar-refractivity contribution >= 4 is 60.0 Å². The molecule has 182 valence electrons. The monoisotopic (exact) mass is 632 g/mol. The highest BCUT2D eigenvalue weighted by Crippen LogP contribution is 2.17. The Morgan fingerprint density at radius 1 is 0.526 bits per heavy atom. The molecule has 5 aromatic carbocycles. The molecule has 4 heteroatoms. The minimum atomic E-state index is -3.21. The molecule has 0 saturated heterocycles. The first-order chi connectivity index (χ1) is 18.7. The maximum atomic E-state index is 7.64. The van der Waals surface area contributed by atoms with Crippen LogP contribution in [0.2, 0.25) is 0 Å². The molecule has 38 heavy (non-hydrogen) atoms. The van der Waals surface area contributed by atoms with E-state index in [1.54, 1.807) is 0 Å². The van der Waals surface area contributed by atoms with Crippen LogP contribution in [0.1, 0.15) is 5.56 Å². The van der Waals surface area contributed by atoms with Gasteiger partial charge in [0.2, 0.25) is 0 Å². The Labute approximate surface area is 241 Å². The first kappa shape index (κ1) is 26.0. The van der Waals surface area contributed by atoms with Crippen molar-refractivity contribution in [2.45, 2.75) is 0 Å². The van der Waals surface area contributed by atoms with Gasteiger partial charge in [-0.05, 0) is 61.5 Å². The molecular formula is C34H25IOSi2. The smallest absolute Gasteiger partial charge is 0.328 e. The number of terminal acetylenes is 1. The highest BCUT2D eigenvalue weighted by atomic mass is 127. The van der Waals surface area contributed by atoms with E-state index in [0.717, 1.165) is 29.9 Å². The van der Waals surface area contributed by atoms with Crippen molar-refractivity contribution in [3.8, 4) is 23.4 Å². The maximum absolute atomic E-state index is 7.64.